The van der Waals surface area contributed by atoms with E-state index in [-0.39, 0.29) is 13.0 Å². The highest BCUT2D eigenvalue weighted by atomic mass is 32.1. The Labute approximate surface area is 185 Å². The summed E-state index contributed by atoms with van der Waals surface area (Å²) in [4.78, 5) is 38.2. The Morgan fingerprint density at radius 1 is 1.10 bits per heavy atom. The van der Waals surface area contributed by atoms with E-state index in [4.69, 9.17) is 4.74 Å². The first-order valence-corrected chi connectivity index (χ1v) is 11.1. The summed E-state index contributed by atoms with van der Waals surface area (Å²) in [6.07, 6.45) is 4.12. The number of thiophene rings is 1. The Morgan fingerprint density at radius 2 is 1.77 bits per heavy atom. The molecule has 3 rings (SSSR count). The molecule has 1 aliphatic carbocycles. The van der Waals surface area contributed by atoms with Gasteiger partial charge >= 0.3 is 5.97 Å². The molecule has 0 saturated heterocycles. The van der Waals surface area contributed by atoms with Gasteiger partial charge in [0.25, 0.3) is 0 Å². The molecular weight excluding hydrogens is 414 g/mol. The lowest BCUT2D eigenvalue weighted by Crippen LogP contribution is -2.41. The Morgan fingerprint density at radius 3 is 2.39 bits per heavy atom. The van der Waals surface area contributed by atoms with Gasteiger partial charge in [0, 0.05) is 22.3 Å². The van der Waals surface area contributed by atoms with Crippen LogP contribution in [0.2, 0.25) is 0 Å². The second kappa shape index (κ2) is 9.47. The lowest BCUT2D eigenvalue weighted by molar-refractivity contribution is -0.313. The van der Waals surface area contributed by atoms with Crippen LogP contribution in [-0.4, -0.2) is 24.5 Å². The van der Waals surface area contributed by atoms with Crippen molar-refractivity contribution in [1.82, 2.24) is 0 Å². The molecule has 2 atom stereocenters. The molecule has 1 aromatic carbocycles. The van der Waals surface area contributed by atoms with E-state index in [1.807, 2.05) is 39.0 Å². The molecule has 1 aliphatic rings. The van der Waals surface area contributed by atoms with E-state index < -0.39 is 29.7 Å². The maximum absolute atomic E-state index is 13.0. The molecular formula is C24H26NO5S-. The van der Waals surface area contributed by atoms with Crippen molar-refractivity contribution < 1.29 is 24.2 Å². The molecule has 164 valence electrons. The number of esters is 1. The van der Waals surface area contributed by atoms with Gasteiger partial charge in [-0.05, 0) is 57.2 Å². The highest BCUT2D eigenvalue weighted by Crippen LogP contribution is 2.41. The molecule has 0 saturated carbocycles. The van der Waals surface area contributed by atoms with Gasteiger partial charge in [-0.1, -0.05) is 30.4 Å². The Bertz CT molecular complexity index is 1050. The van der Waals surface area contributed by atoms with Gasteiger partial charge in [-0.3, -0.25) is 4.79 Å². The zero-order valence-corrected chi connectivity index (χ0v) is 18.9. The van der Waals surface area contributed by atoms with Crippen molar-refractivity contribution in [1.29, 1.82) is 0 Å². The van der Waals surface area contributed by atoms with Gasteiger partial charge in [-0.2, -0.15) is 0 Å². The number of aryl methyl sites for hydroxylation is 3. The average Bonchev–Trinajstić information content (AvgIpc) is 3.05. The molecule has 0 radical (unpaired) electrons. The van der Waals surface area contributed by atoms with Crippen LogP contribution in [0.4, 0.5) is 5.00 Å². The number of allylic oxidation sites excluding steroid dienone is 2. The monoisotopic (exact) mass is 440 g/mol. The fourth-order valence-corrected chi connectivity index (χ4v) is 4.91. The van der Waals surface area contributed by atoms with Crippen LogP contribution in [0.15, 0.2) is 30.4 Å². The number of benzene rings is 1. The normalized spacial score (nSPS) is 17.9. The van der Waals surface area contributed by atoms with Crippen molar-refractivity contribution in [3.05, 3.63) is 51.9 Å². The molecule has 1 amide bonds. The van der Waals surface area contributed by atoms with Crippen molar-refractivity contribution in [2.24, 2.45) is 11.8 Å². The van der Waals surface area contributed by atoms with E-state index in [1.165, 1.54) is 11.3 Å². The molecule has 1 N–H and O–H groups in total. The van der Waals surface area contributed by atoms with Gasteiger partial charge in [-0.15, -0.1) is 11.3 Å². The van der Waals surface area contributed by atoms with E-state index in [0.717, 1.165) is 27.1 Å². The minimum absolute atomic E-state index is 0.202. The molecule has 2 aromatic rings. The number of ether oxygens (including phenoxy) is 1. The number of carboxylic acid groups (broad SMARTS) is 1. The Kier molecular flexibility index (Phi) is 6.95. The number of carbonyl (C=O) groups excluding carboxylic acids is 3. The molecule has 7 heteroatoms. The third kappa shape index (κ3) is 4.71. The van der Waals surface area contributed by atoms with Crippen molar-refractivity contribution in [2.75, 3.05) is 11.9 Å². The predicted octanol–water partition coefficient (Wildman–Crippen LogP) is 3.79. The summed E-state index contributed by atoms with van der Waals surface area (Å²) >= 11 is 1.29. The molecule has 0 unspecified atom stereocenters. The summed E-state index contributed by atoms with van der Waals surface area (Å²) < 4.78 is 5.29. The number of carbonyl (C=O) groups is 3. The van der Waals surface area contributed by atoms with Crippen LogP contribution < -0.4 is 10.4 Å². The molecule has 1 aromatic heterocycles. The first kappa shape index (κ1) is 22.7. The van der Waals surface area contributed by atoms with Crippen LogP contribution in [0.1, 0.15) is 46.1 Å². The zero-order chi connectivity index (χ0) is 22.7. The number of anilines is 1. The fraction of sp³-hybridized carbons (Fsp3) is 0.375. The smallest absolute Gasteiger partial charge is 0.341 e. The number of carboxylic acids is 1. The average molecular weight is 441 g/mol. The SMILES string of the molecule is CCOC(=O)c1c(NC(=O)[C@H]2CC=CC[C@H]2C(=O)[O-])sc(C)c1-c1ccc(C)c(C)c1. The van der Waals surface area contributed by atoms with Gasteiger partial charge in [0.2, 0.25) is 5.91 Å². The van der Waals surface area contributed by atoms with Gasteiger partial charge in [0.1, 0.15) is 10.6 Å². The van der Waals surface area contributed by atoms with E-state index in [2.05, 4.69) is 5.32 Å². The van der Waals surface area contributed by atoms with Crippen molar-refractivity contribution >= 4 is 34.2 Å². The number of nitrogens with one attached hydrogen (secondary N) is 1. The summed E-state index contributed by atoms with van der Waals surface area (Å²) in [5.74, 6) is -3.84. The minimum Gasteiger partial charge on any atom is -0.550 e. The first-order valence-electron chi connectivity index (χ1n) is 10.3. The lowest BCUT2D eigenvalue weighted by Gasteiger charge is -2.28. The lowest BCUT2D eigenvalue weighted by atomic mass is 9.82. The Balaban J connectivity index is 2.03. The minimum atomic E-state index is -1.24. The number of amides is 1. The first-order chi connectivity index (χ1) is 14.7. The maximum Gasteiger partial charge on any atom is 0.341 e. The molecule has 6 nitrogen and oxygen atoms in total. The molecule has 1 heterocycles. The predicted molar refractivity (Wildman–Crippen MR) is 119 cm³/mol. The Hall–Kier alpha value is -2.93. The summed E-state index contributed by atoms with van der Waals surface area (Å²) in [6.45, 7) is 7.84. The topological polar surface area (TPSA) is 95.5 Å². The number of hydrogen-bond acceptors (Lipinski definition) is 6. The third-order valence-electron chi connectivity index (χ3n) is 5.67. The highest BCUT2D eigenvalue weighted by Gasteiger charge is 2.32. The summed E-state index contributed by atoms with van der Waals surface area (Å²) in [5, 5.41) is 14.7. The van der Waals surface area contributed by atoms with Crippen LogP contribution in [-0.2, 0) is 14.3 Å². The standard InChI is InChI=1S/C24H27NO5S/c1-5-30-24(29)20-19(16-11-10-13(2)14(3)12-16)15(4)31-22(20)25-21(26)17-8-6-7-9-18(17)23(27)28/h6-7,10-12,17-18H,5,8-9H2,1-4H3,(H,25,26)(H,27,28)/p-1/t17-,18+/m0/s1. The second-order valence-corrected chi connectivity index (χ2v) is 8.95. The zero-order valence-electron chi connectivity index (χ0n) is 18.1. The second-order valence-electron chi connectivity index (χ2n) is 7.72. The maximum atomic E-state index is 13.0. The third-order valence-corrected chi connectivity index (χ3v) is 6.69. The van der Waals surface area contributed by atoms with Gasteiger partial charge in [0.05, 0.1) is 12.5 Å². The number of hydrogen-bond donors (Lipinski definition) is 1. The highest BCUT2D eigenvalue weighted by molar-refractivity contribution is 7.17. The molecule has 31 heavy (non-hydrogen) atoms. The van der Waals surface area contributed by atoms with Crippen molar-refractivity contribution in [3.8, 4) is 11.1 Å². The van der Waals surface area contributed by atoms with E-state index in [1.54, 1.807) is 19.1 Å². The molecule has 0 aliphatic heterocycles. The van der Waals surface area contributed by atoms with Gasteiger partial charge in [-0.25, -0.2) is 4.79 Å². The fourth-order valence-electron chi connectivity index (χ4n) is 3.84. The van der Waals surface area contributed by atoms with Crippen LogP contribution in [0.5, 0.6) is 0 Å². The van der Waals surface area contributed by atoms with E-state index >= 15 is 0 Å². The van der Waals surface area contributed by atoms with Crippen LogP contribution in [0.3, 0.4) is 0 Å². The quantitative estimate of drug-likeness (QED) is 0.545. The summed E-state index contributed by atoms with van der Waals surface area (Å²) in [7, 11) is 0. The molecule has 0 bridgehead atoms. The summed E-state index contributed by atoms with van der Waals surface area (Å²) in [5.41, 5.74) is 4.13. The van der Waals surface area contributed by atoms with Gasteiger partial charge in [0.15, 0.2) is 0 Å². The van der Waals surface area contributed by atoms with Gasteiger partial charge < -0.3 is 20.0 Å². The van der Waals surface area contributed by atoms with E-state index in [9.17, 15) is 19.5 Å². The van der Waals surface area contributed by atoms with Crippen LogP contribution in [0, 0.1) is 32.6 Å². The summed E-state index contributed by atoms with van der Waals surface area (Å²) in [6, 6.07) is 5.95. The molecule has 0 spiro atoms. The van der Waals surface area contributed by atoms with Crippen molar-refractivity contribution in [3.63, 3.8) is 0 Å². The van der Waals surface area contributed by atoms with Crippen molar-refractivity contribution in [2.45, 2.75) is 40.5 Å². The van der Waals surface area contributed by atoms with Crippen LogP contribution >= 0.6 is 11.3 Å². The number of rotatable bonds is 6. The van der Waals surface area contributed by atoms with Crippen LogP contribution in [0.25, 0.3) is 11.1 Å². The van der Waals surface area contributed by atoms with E-state index in [0.29, 0.717) is 17.0 Å². The molecule has 0 fully saturated rings. The number of aliphatic carboxylic acids is 1. The largest absolute Gasteiger partial charge is 0.550 e.